The average Bonchev–Trinajstić information content (AvgIpc) is 2.59. The minimum Gasteiger partial charge on any atom is -0.369 e. The zero-order chi connectivity index (χ0) is 15.4. The van der Waals surface area contributed by atoms with Crippen LogP contribution in [0, 0.1) is 6.92 Å². The molecule has 1 atom stereocenters. The molecule has 22 heavy (non-hydrogen) atoms. The second-order valence-electron chi connectivity index (χ2n) is 6.02. The minimum absolute atomic E-state index is 0.332. The number of hydrogen-bond donors (Lipinski definition) is 1. The van der Waals surface area contributed by atoms with Gasteiger partial charge in [0.1, 0.15) is 0 Å². The van der Waals surface area contributed by atoms with Crippen LogP contribution < -0.4 is 10.6 Å². The summed E-state index contributed by atoms with van der Waals surface area (Å²) in [4.78, 5) is 4.98. The molecular weight excluding hydrogens is 270 g/mol. The summed E-state index contributed by atoms with van der Waals surface area (Å²) in [5, 5.41) is 0. The highest BCUT2D eigenvalue weighted by Gasteiger charge is 2.24. The van der Waals surface area contributed by atoms with Crippen molar-refractivity contribution in [1.82, 2.24) is 4.90 Å². The highest BCUT2D eigenvalue weighted by Crippen LogP contribution is 2.23. The summed E-state index contributed by atoms with van der Waals surface area (Å²) in [6.07, 6.45) is 0. The maximum atomic E-state index is 6.06. The van der Waals surface area contributed by atoms with Crippen molar-refractivity contribution in [2.75, 3.05) is 37.6 Å². The van der Waals surface area contributed by atoms with Crippen molar-refractivity contribution in [1.29, 1.82) is 0 Å². The van der Waals surface area contributed by atoms with Crippen LogP contribution in [0.5, 0.6) is 0 Å². The smallest absolute Gasteiger partial charge is 0.0471 e. The summed E-state index contributed by atoms with van der Waals surface area (Å²) < 4.78 is 0. The number of anilines is 1. The monoisotopic (exact) mass is 295 g/mol. The van der Waals surface area contributed by atoms with Gasteiger partial charge in [-0.25, -0.2) is 0 Å². The van der Waals surface area contributed by atoms with Gasteiger partial charge in [0.05, 0.1) is 0 Å². The lowest BCUT2D eigenvalue weighted by molar-refractivity contribution is 0.190. The predicted octanol–water partition coefficient (Wildman–Crippen LogP) is 2.82. The fourth-order valence-corrected chi connectivity index (χ4v) is 3.22. The second-order valence-corrected chi connectivity index (χ2v) is 6.02. The number of aryl methyl sites for hydroxylation is 1. The molecule has 1 aliphatic heterocycles. The Balaban J connectivity index is 1.65. The molecule has 1 heterocycles. The molecule has 116 valence electrons. The molecule has 2 aromatic rings. The fourth-order valence-electron chi connectivity index (χ4n) is 3.22. The first kappa shape index (κ1) is 15.1. The largest absolute Gasteiger partial charge is 0.369 e. The Kier molecular flexibility index (Phi) is 4.76. The Hall–Kier alpha value is -1.84. The summed E-state index contributed by atoms with van der Waals surface area (Å²) in [6.45, 7) is 7.04. The van der Waals surface area contributed by atoms with Crippen LogP contribution in [0.15, 0.2) is 54.6 Å². The maximum Gasteiger partial charge on any atom is 0.0471 e. The van der Waals surface area contributed by atoms with E-state index in [1.165, 1.54) is 16.8 Å². The van der Waals surface area contributed by atoms with Gasteiger partial charge in [-0.3, -0.25) is 4.90 Å². The maximum absolute atomic E-state index is 6.06. The van der Waals surface area contributed by atoms with Gasteiger partial charge in [-0.2, -0.15) is 0 Å². The molecule has 3 nitrogen and oxygen atoms in total. The quantitative estimate of drug-likeness (QED) is 0.941. The number of benzene rings is 2. The Morgan fingerprint density at radius 2 is 1.55 bits per heavy atom. The first-order valence-corrected chi connectivity index (χ1v) is 8.08. The molecule has 0 unspecified atom stereocenters. The van der Waals surface area contributed by atoms with Gasteiger partial charge < -0.3 is 10.6 Å². The standard InChI is InChI=1S/C19H25N3/c1-16-7-9-17(10-8-16)19(15-20)22-13-11-21(12-14-22)18-5-3-2-4-6-18/h2-10,19H,11-15,20H2,1H3/t19-/m0/s1. The lowest BCUT2D eigenvalue weighted by atomic mass is 10.0. The summed E-state index contributed by atoms with van der Waals surface area (Å²) >= 11 is 0. The van der Waals surface area contributed by atoms with Crippen LogP contribution in [0.2, 0.25) is 0 Å². The van der Waals surface area contributed by atoms with Crippen molar-refractivity contribution in [3.05, 3.63) is 65.7 Å². The van der Waals surface area contributed by atoms with E-state index >= 15 is 0 Å². The summed E-state index contributed by atoms with van der Waals surface area (Å²) in [7, 11) is 0. The molecule has 0 spiro atoms. The first-order valence-electron chi connectivity index (χ1n) is 8.08. The van der Waals surface area contributed by atoms with Crippen LogP contribution in [0.1, 0.15) is 17.2 Å². The Labute approximate surface area is 133 Å². The molecule has 1 aliphatic rings. The van der Waals surface area contributed by atoms with Gasteiger partial charge in [0.25, 0.3) is 0 Å². The van der Waals surface area contributed by atoms with Crippen LogP contribution in [0.4, 0.5) is 5.69 Å². The third-order valence-electron chi connectivity index (χ3n) is 4.56. The van der Waals surface area contributed by atoms with Gasteiger partial charge >= 0.3 is 0 Å². The van der Waals surface area contributed by atoms with Crippen molar-refractivity contribution < 1.29 is 0 Å². The van der Waals surface area contributed by atoms with Crippen LogP contribution in [0.25, 0.3) is 0 Å². The molecule has 1 saturated heterocycles. The number of piperazine rings is 1. The van der Waals surface area contributed by atoms with Crippen LogP contribution in [-0.2, 0) is 0 Å². The van der Waals surface area contributed by atoms with Crippen LogP contribution >= 0.6 is 0 Å². The highest BCUT2D eigenvalue weighted by atomic mass is 15.3. The van der Waals surface area contributed by atoms with Crippen molar-refractivity contribution in [3.8, 4) is 0 Å². The number of rotatable bonds is 4. The third kappa shape index (κ3) is 3.32. The van der Waals surface area contributed by atoms with E-state index < -0.39 is 0 Å². The van der Waals surface area contributed by atoms with Gasteiger partial charge in [-0.1, -0.05) is 48.0 Å². The topological polar surface area (TPSA) is 32.5 Å². The van der Waals surface area contributed by atoms with Gasteiger partial charge in [-0.05, 0) is 24.6 Å². The van der Waals surface area contributed by atoms with Gasteiger partial charge in [0, 0.05) is 44.5 Å². The van der Waals surface area contributed by atoms with Gasteiger partial charge in [0.15, 0.2) is 0 Å². The molecule has 0 radical (unpaired) electrons. The van der Waals surface area contributed by atoms with Crippen molar-refractivity contribution in [2.24, 2.45) is 5.73 Å². The Morgan fingerprint density at radius 1 is 0.909 bits per heavy atom. The lowest BCUT2D eigenvalue weighted by Gasteiger charge is -2.40. The number of nitrogens with two attached hydrogens (primary N) is 1. The van der Waals surface area contributed by atoms with Gasteiger partial charge in [0.2, 0.25) is 0 Å². The van der Waals surface area contributed by atoms with E-state index in [0.717, 1.165) is 26.2 Å². The minimum atomic E-state index is 0.332. The molecular formula is C19H25N3. The summed E-state index contributed by atoms with van der Waals surface area (Å²) in [5.41, 5.74) is 10.0. The van der Waals surface area contributed by atoms with Crippen molar-refractivity contribution in [3.63, 3.8) is 0 Å². The zero-order valence-corrected chi connectivity index (χ0v) is 13.3. The second kappa shape index (κ2) is 6.95. The van der Waals surface area contributed by atoms with E-state index in [1.807, 2.05) is 0 Å². The number of hydrogen-bond acceptors (Lipinski definition) is 3. The molecule has 3 rings (SSSR count). The molecule has 2 aromatic carbocycles. The molecule has 0 amide bonds. The molecule has 0 aromatic heterocycles. The summed E-state index contributed by atoms with van der Waals surface area (Å²) in [5.74, 6) is 0. The average molecular weight is 295 g/mol. The van der Waals surface area contributed by atoms with E-state index in [1.54, 1.807) is 0 Å². The van der Waals surface area contributed by atoms with E-state index in [4.69, 9.17) is 5.73 Å². The molecule has 0 bridgehead atoms. The van der Waals surface area contributed by atoms with Crippen LogP contribution in [-0.4, -0.2) is 37.6 Å². The zero-order valence-electron chi connectivity index (χ0n) is 13.3. The lowest BCUT2D eigenvalue weighted by Crippen LogP contribution is -2.49. The van der Waals surface area contributed by atoms with E-state index in [9.17, 15) is 0 Å². The molecule has 1 fully saturated rings. The SMILES string of the molecule is Cc1ccc([C@H](CN)N2CCN(c3ccccc3)CC2)cc1. The fraction of sp³-hybridized carbons (Fsp3) is 0.368. The van der Waals surface area contributed by atoms with E-state index in [2.05, 4.69) is 71.3 Å². The predicted molar refractivity (Wildman–Crippen MR) is 93.2 cm³/mol. The Bertz CT molecular complexity index is 571. The first-order chi connectivity index (χ1) is 10.8. The summed E-state index contributed by atoms with van der Waals surface area (Å²) in [6, 6.07) is 19.8. The van der Waals surface area contributed by atoms with Crippen molar-refractivity contribution >= 4 is 5.69 Å². The van der Waals surface area contributed by atoms with Crippen LogP contribution in [0.3, 0.4) is 0 Å². The Morgan fingerprint density at radius 3 is 2.14 bits per heavy atom. The van der Waals surface area contributed by atoms with Gasteiger partial charge in [-0.15, -0.1) is 0 Å². The third-order valence-corrected chi connectivity index (χ3v) is 4.56. The molecule has 0 aliphatic carbocycles. The highest BCUT2D eigenvalue weighted by molar-refractivity contribution is 5.46. The number of para-hydroxylation sites is 1. The van der Waals surface area contributed by atoms with E-state index in [-0.39, 0.29) is 0 Å². The molecule has 2 N–H and O–H groups in total. The normalized spacial score (nSPS) is 17.5. The van der Waals surface area contributed by atoms with E-state index in [0.29, 0.717) is 12.6 Å². The molecule has 3 heteroatoms. The molecule has 0 saturated carbocycles. The number of nitrogens with zero attached hydrogens (tertiary/aromatic N) is 2. The van der Waals surface area contributed by atoms with Crippen molar-refractivity contribution in [2.45, 2.75) is 13.0 Å².